The number of hydrogen-bond donors (Lipinski definition) is 3. The molecule has 2 rings (SSSR count). The smallest absolute Gasteiger partial charge is 0.343 e. The first-order chi connectivity index (χ1) is 16.0. The molecular formula is C20H24F5N5O4S. The monoisotopic (exact) mass is 525 g/mol. The summed E-state index contributed by atoms with van der Waals surface area (Å²) in [6, 6.07) is 2.43. The molecule has 0 atom stereocenters. The summed E-state index contributed by atoms with van der Waals surface area (Å²) in [5, 5.41) is 10.0. The van der Waals surface area contributed by atoms with Crippen molar-refractivity contribution in [2.75, 3.05) is 32.1 Å². The minimum atomic E-state index is -10.1. The largest absolute Gasteiger partial charge is 0.493 e. The van der Waals surface area contributed by atoms with Crippen LogP contribution in [-0.2, 0) is 4.74 Å². The van der Waals surface area contributed by atoms with E-state index >= 15 is 0 Å². The number of hydrogen-bond acceptors (Lipinski definition) is 7. The molecule has 194 valence electrons. The predicted octanol–water partition coefficient (Wildman–Crippen LogP) is 4.29. The molecule has 9 nitrogen and oxygen atoms in total. The van der Waals surface area contributed by atoms with Crippen molar-refractivity contribution in [3.8, 4) is 5.75 Å². The molecule has 0 saturated carbocycles. The highest BCUT2D eigenvalue weighted by Crippen LogP contribution is 3.02. The molecule has 0 aliphatic rings. The Labute approximate surface area is 197 Å². The molecular weight excluding hydrogens is 501 g/mol. The first kappa shape index (κ1) is 27.6. The van der Waals surface area contributed by atoms with E-state index in [-0.39, 0.29) is 47.8 Å². The number of carbonyl (C=O) groups excluding carboxylic acids is 2. The normalized spacial score (nSPS) is 14.0. The minimum absolute atomic E-state index is 0.00460. The maximum absolute atomic E-state index is 13.3. The lowest BCUT2D eigenvalue weighted by atomic mass is 10.1. The molecule has 0 fully saturated rings. The quantitative estimate of drug-likeness (QED) is 0.147. The van der Waals surface area contributed by atoms with E-state index in [1.54, 1.807) is 13.8 Å². The zero-order valence-corrected chi connectivity index (χ0v) is 19.7. The second-order valence-electron chi connectivity index (χ2n) is 7.02. The van der Waals surface area contributed by atoms with Crippen molar-refractivity contribution in [1.29, 1.82) is 5.41 Å². The number of carbonyl (C=O) groups is 2. The van der Waals surface area contributed by atoms with Crippen LogP contribution in [-0.4, -0.2) is 49.1 Å². The number of ketones is 1. The van der Waals surface area contributed by atoms with Crippen LogP contribution in [0.4, 0.5) is 25.1 Å². The Hall–Kier alpha value is -3.62. The van der Waals surface area contributed by atoms with E-state index in [1.165, 1.54) is 13.1 Å². The first-order valence-corrected chi connectivity index (χ1v) is 12.0. The standard InChI is InChI=1S/C20H24F5N5O4S/c1-4-33-17-9-18(30(20(26)27)11-15(17)19(32)34-5-2)29-10-16(31)12-6-13(28-3)8-14(7-12)35(21,22,23,24)25/h6-9,11,28H,4-5,10H2,1-3H3,(H3,26,27). The number of nitrogens with zero attached hydrogens (tertiary/aromatic N) is 2. The summed E-state index contributed by atoms with van der Waals surface area (Å²) in [6.45, 7) is 2.61. The van der Waals surface area contributed by atoms with Gasteiger partial charge in [0.15, 0.2) is 11.7 Å². The second kappa shape index (κ2) is 9.20. The van der Waals surface area contributed by atoms with Crippen LogP contribution >= 0.6 is 10.2 Å². The van der Waals surface area contributed by atoms with Crippen molar-refractivity contribution in [2.45, 2.75) is 18.7 Å². The molecule has 0 bridgehead atoms. The fourth-order valence-corrected chi connectivity index (χ4v) is 3.55. The maximum Gasteiger partial charge on any atom is 0.343 e. The van der Waals surface area contributed by atoms with Gasteiger partial charge < -0.3 is 20.5 Å². The van der Waals surface area contributed by atoms with Crippen LogP contribution < -0.4 is 21.3 Å². The van der Waals surface area contributed by atoms with Gasteiger partial charge in [-0.2, -0.15) is 0 Å². The number of nitrogens with one attached hydrogen (secondary N) is 2. The average molecular weight is 526 g/mol. The van der Waals surface area contributed by atoms with Gasteiger partial charge in [0.05, 0.1) is 13.2 Å². The third-order valence-corrected chi connectivity index (χ3v) is 5.56. The number of aromatic nitrogens is 1. The molecule has 0 spiro atoms. The van der Waals surface area contributed by atoms with E-state index in [0.29, 0.717) is 0 Å². The zero-order chi connectivity index (χ0) is 26.7. The van der Waals surface area contributed by atoms with Gasteiger partial charge >= 0.3 is 16.2 Å². The molecule has 4 N–H and O–H groups in total. The van der Waals surface area contributed by atoms with Gasteiger partial charge in [0.25, 0.3) is 0 Å². The van der Waals surface area contributed by atoms with Crippen LogP contribution in [0.5, 0.6) is 5.75 Å². The molecule has 1 aromatic heterocycles. The summed E-state index contributed by atoms with van der Waals surface area (Å²) in [6.07, 6.45) is 1.10. The van der Waals surface area contributed by atoms with Gasteiger partial charge in [-0.25, -0.2) is 4.79 Å². The molecule has 0 aliphatic heterocycles. The molecule has 2 aromatic rings. The van der Waals surface area contributed by atoms with Crippen LogP contribution in [0.3, 0.4) is 0 Å². The lowest BCUT2D eigenvalue weighted by Crippen LogP contribution is -2.34. The lowest BCUT2D eigenvalue weighted by molar-refractivity contribution is 0.0520. The molecule has 1 heterocycles. The molecule has 0 aliphatic carbocycles. The number of Topliss-reactive ketones (excluding diaryl/α,β-unsaturated/α-hetero) is 1. The third-order valence-electron chi connectivity index (χ3n) is 4.43. The van der Waals surface area contributed by atoms with Gasteiger partial charge in [-0.1, -0.05) is 19.4 Å². The number of ether oxygens (including phenoxy) is 2. The van der Waals surface area contributed by atoms with E-state index in [4.69, 9.17) is 20.6 Å². The minimum Gasteiger partial charge on any atom is -0.493 e. The average Bonchev–Trinajstić information content (AvgIpc) is 2.75. The summed E-state index contributed by atoms with van der Waals surface area (Å²) in [5.41, 5.74) is 4.28. The molecule has 0 saturated heterocycles. The summed E-state index contributed by atoms with van der Waals surface area (Å²) in [7, 11) is -8.85. The number of pyridine rings is 1. The van der Waals surface area contributed by atoms with Gasteiger partial charge in [0.1, 0.15) is 28.2 Å². The van der Waals surface area contributed by atoms with Crippen molar-refractivity contribution in [3.05, 3.63) is 47.1 Å². The first-order valence-electron chi connectivity index (χ1n) is 10.0. The molecule has 0 amide bonds. The molecule has 0 unspecified atom stereocenters. The van der Waals surface area contributed by atoms with E-state index < -0.39 is 44.9 Å². The number of anilines is 1. The number of benzene rings is 1. The Kier molecular flexibility index (Phi) is 7.26. The Morgan fingerprint density at radius 1 is 1.11 bits per heavy atom. The van der Waals surface area contributed by atoms with Gasteiger partial charge in [0, 0.05) is 30.6 Å². The number of halogens is 5. The van der Waals surface area contributed by atoms with Crippen molar-refractivity contribution in [3.63, 3.8) is 0 Å². The highest BCUT2D eigenvalue weighted by atomic mass is 32.5. The van der Waals surface area contributed by atoms with E-state index in [0.717, 1.165) is 16.8 Å². The molecule has 1 aromatic carbocycles. The van der Waals surface area contributed by atoms with E-state index in [9.17, 15) is 29.0 Å². The van der Waals surface area contributed by atoms with Crippen molar-refractivity contribution < 1.29 is 38.5 Å². The SMILES string of the molecule is CCOC(=O)c1cn(C(=N)N)c(=NCC(=O)c2cc(NC)cc(S(F)(F)(F)(F)F)c2)cc1OCC. The van der Waals surface area contributed by atoms with Crippen LogP contribution in [0.1, 0.15) is 34.6 Å². The number of esters is 1. The van der Waals surface area contributed by atoms with Crippen LogP contribution in [0.15, 0.2) is 40.4 Å². The number of nitrogen functional groups attached to an aromatic ring is 1. The highest BCUT2D eigenvalue weighted by Gasteiger charge is 2.65. The molecule has 35 heavy (non-hydrogen) atoms. The van der Waals surface area contributed by atoms with Crippen molar-refractivity contribution >= 4 is 33.6 Å². The summed E-state index contributed by atoms with van der Waals surface area (Å²) in [4.78, 5) is 26.6. The number of nitrogens with two attached hydrogens (primary N) is 1. The van der Waals surface area contributed by atoms with Gasteiger partial charge in [-0.15, -0.1) is 0 Å². The fraction of sp³-hybridized carbons (Fsp3) is 0.300. The van der Waals surface area contributed by atoms with Crippen LogP contribution in [0.2, 0.25) is 0 Å². The summed E-state index contributed by atoms with van der Waals surface area (Å²) in [5.74, 6) is -2.41. The van der Waals surface area contributed by atoms with Gasteiger partial charge in [0.2, 0.25) is 0 Å². The van der Waals surface area contributed by atoms with Crippen molar-refractivity contribution in [1.82, 2.24) is 4.57 Å². The third kappa shape index (κ3) is 6.94. The topological polar surface area (TPSA) is 132 Å². The van der Waals surface area contributed by atoms with E-state index in [2.05, 4.69) is 10.3 Å². The zero-order valence-electron chi connectivity index (χ0n) is 18.9. The fourth-order valence-electron chi connectivity index (χ4n) is 2.85. The Bertz CT molecular complexity index is 1250. The highest BCUT2D eigenvalue weighted by molar-refractivity contribution is 8.45. The van der Waals surface area contributed by atoms with Crippen LogP contribution in [0.25, 0.3) is 0 Å². The van der Waals surface area contributed by atoms with Crippen molar-refractivity contribution in [2.24, 2.45) is 10.7 Å². The maximum atomic E-state index is 13.3. The summed E-state index contributed by atoms with van der Waals surface area (Å²) >= 11 is 0. The van der Waals surface area contributed by atoms with Gasteiger partial charge in [-0.3, -0.25) is 19.8 Å². The van der Waals surface area contributed by atoms with Crippen LogP contribution in [0, 0.1) is 5.41 Å². The number of rotatable bonds is 9. The summed E-state index contributed by atoms with van der Waals surface area (Å²) < 4.78 is 77.9. The predicted molar refractivity (Wildman–Crippen MR) is 121 cm³/mol. The lowest BCUT2D eigenvalue weighted by Gasteiger charge is -2.40. The Morgan fingerprint density at radius 2 is 1.77 bits per heavy atom. The Morgan fingerprint density at radius 3 is 2.29 bits per heavy atom. The van der Waals surface area contributed by atoms with E-state index in [1.807, 2.05) is 0 Å². The van der Waals surface area contributed by atoms with Gasteiger partial charge in [-0.05, 0) is 32.0 Å². The molecule has 0 radical (unpaired) electrons. The Balaban J connectivity index is 2.58. The second-order valence-corrected chi connectivity index (χ2v) is 9.43. The molecule has 15 heteroatoms.